The number of carbonyl (C=O) groups excluding carboxylic acids is 3. The van der Waals surface area contributed by atoms with E-state index in [9.17, 15) is 68.1 Å². The van der Waals surface area contributed by atoms with Gasteiger partial charge in [0.25, 0.3) is 0 Å². The number of aliphatic hydroxyl groups is 4. The van der Waals surface area contributed by atoms with E-state index in [1.165, 1.54) is 13.8 Å². The largest absolute Gasteiger partial charge is 0.481 e. The molecule has 0 aliphatic carbocycles. The lowest BCUT2D eigenvalue weighted by atomic mass is 9.87. The van der Waals surface area contributed by atoms with Crippen LogP contribution in [0, 0.1) is 5.41 Å². The average molecular weight is 1090 g/mol. The van der Waals surface area contributed by atoms with Crippen molar-refractivity contribution < 1.29 is 90.7 Å². The Morgan fingerprint density at radius 1 is 0.901 bits per heavy atom. The molecule has 12 N–H and O–H groups in total. The predicted molar refractivity (Wildman–Crippen MR) is 258 cm³/mol. The van der Waals surface area contributed by atoms with Gasteiger partial charge >= 0.3 is 23.5 Å². The number of nitrogens with two attached hydrogens (primary N) is 1. The molecule has 404 valence electrons. The number of fused-ring (bicyclic) bond motifs is 1. The van der Waals surface area contributed by atoms with Gasteiger partial charge in [-0.15, -0.1) is 0 Å². The zero-order chi connectivity index (χ0) is 52.8. The van der Waals surface area contributed by atoms with Crippen molar-refractivity contribution in [1.82, 2.24) is 30.2 Å². The Bertz CT molecular complexity index is 2200. The van der Waals surface area contributed by atoms with Crippen molar-refractivity contribution in [3.63, 3.8) is 0 Å². The number of hydrogen-bond donors (Lipinski definition) is 11. The van der Waals surface area contributed by atoms with Gasteiger partial charge in [-0.3, -0.25) is 32.5 Å². The van der Waals surface area contributed by atoms with Crippen molar-refractivity contribution in [3.05, 3.63) is 37.0 Å². The van der Waals surface area contributed by atoms with Gasteiger partial charge in [-0.25, -0.2) is 28.6 Å². The Morgan fingerprint density at radius 3 is 2.31 bits per heavy atom. The molecule has 2 amide bonds. The molecule has 1 aliphatic heterocycles. The Balaban J connectivity index is 1.29. The lowest BCUT2D eigenvalue weighted by Crippen LogP contribution is -2.46. The maximum absolute atomic E-state index is 12.8. The molecule has 1 saturated heterocycles. The number of aliphatic hydroxyl groups excluding tert-OH is 4. The van der Waals surface area contributed by atoms with Crippen LogP contribution in [0.15, 0.2) is 37.0 Å². The molecule has 1 fully saturated rings. The Morgan fingerprint density at radius 2 is 1.59 bits per heavy atom. The summed E-state index contributed by atoms with van der Waals surface area (Å²) in [6, 6.07) is 0. The molecule has 71 heavy (non-hydrogen) atoms. The van der Waals surface area contributed by atoms with E-state index in [1.54, 1.807) is 0 Å². The molecule has 2 aromatic rings. The van der Waals surface area contributed by atoms with Gasteiger partial charge in [0.2, 0.25) is 11.8 Å². The third kappa shape index (κ3) is 23.4. The van der Waals surface area contributed by atoms with Crippen LogP contribution in [0.1, 0.15) is 110 Å². The number of carbonyl (C=O) groups is 3. The molecule has 1 aliphatic rings. The molecule has 0 bridgehead atoms. The fraction of sp³-hybridized carbons (Fsp3) is 0.707. The number of unbranched alkanes of at least 4 members (excludes halogenated alkanes) is 5. The molecule has 30 heteroatoms. The van der Waals surface area contributed by atoms with Crippen LogP contribution >= 0.6 is 35.2 Å². The van der Waals surface area contributed by atoms with Gasteiger partial charge in [0.1, 0.15) is 36.3 Å². The third-order valence-corrected chi connectivity index (χ3v) is 14.7. The number of nitrogens with zero attached hydrogens (tertiary/aromatic N) is 4. The minimum Gasteiger partial charge on any atom is -0.393 e. The summed E-state index contributed by atoms with van der Waals surface area (Å²) >= 11 is 0.977. The highest BCUT2D eigenvalue weighted by atomic mass is 32.2. The number of nitrogen functional groups attached to an aromatic ring is 1. The van der Waals surface area contributed by atoms with E-state index in [0.29, 0.717) is 12.8 Å². The van der Waals surface area contributed by atoms with Crippen LogP contribution in [0.5, 0.6) is 0 Å². The molecule has 3 rings (SSSR count). The van der Waals surface area contributed by atoms with E-state index < -0.39 is 90.7 Å². The van der Waals surface area contributed by atoms with Gasteiger partial charge in [0.15, 0.2) is 22.8 Å². The number of anilines is 1. The number of aromatic nitrogens is 4. The second kappa shape index (κ2) is 30.4. The average Bonchev–Trinajstić information content (AvgIpc) is 3.85. The van der Waals surface area contributed by atoms with Gasteiger partial charge in [0.05, 0.1) is 31.7 Å². The maximum Gasteiger partial charge on any atom is 0.481 e. The number of phosphoric ester groups is 3. The zero-order valence-electron chi connectivity index (χ0n) is 39.9. The number of nitrogens with one attached hydrogen (secondary N) is 2. The Hall–Kier alpha value is -3.04. The first-order chi connectivity index (χ1) is 33.3. The minimum atomic E-state index is -5.59. The Labute approximate surface area is 416 Å². The highest BCUT2D eigenvalue weighted by Crippen LogP contribution is 2.61. The van der Waals surface area contributed by atoms with Gasteiger partial charge in [-0.2, -0.15) is 4.31 Å². The molecule has 2 aromatic heterocycles. The number of allylic oxidation sites excluding steroid dienone is 3. The first-order valence-corrected chi connectivity index (χ1v) is 28.6. The van der Waals surface area contributed by atoms with Crippen LogP contribution in [0.25, 0.3) is 11.2 Å². The molecule has 0 saturated carbocycles. The number of phosphoric acid groups is 3. The lowest BCUT2D eigenvalue weighted by Gasteiger charge is -2.30. The summed E-state index contributed by atoms with van der Waals surface area (Å²) in [6.45, 7) is 2.43. The molecule has 0 spiro atoms. The molecule has 9 atom stereocenters. The van der Waals surface area contributed by atoms with Crippen LogP contribution in [0.2, 0.25) is 0 Å². The van der Waals surface area contributed by atoms with Crippen LogP contribution in [0.4, 0.5) is 5.82 Å². The van der Waals surface area contributed by atoms with E-state index >= 15 is 0 Å². The molecule has 2 unspecified atom stereocenters. The van der Waals surface area contributed by atoms with Crippen molar-refractivity contribution >= 4 is 69.1 Å². The monoisotopic (exact) mass is 1090 g/mol. The number of amides is 2. The predicted octanol–water partition coefficient (Wildman–Crippen LogP) is 3.20. The van der Waals surface area contributed by atoms with Crippen LogP contribution in [-0.2, 0) is 50.7 Å². The van der Waals surface area contributed by atoms with Crippen molar-refractivity contribution in [3.8, 4) is 0 Å². The van der Waals surface area contributed by atoms with E-state index in [2.05, 4.69) is 59.6 Å². The second-order valence-corrected chi connectivity index (χ2v) is 22.7. The maximum atomic E-state index is 12.8. The van der Waals surface area contributed by atoms with Gasteiger partial charge in [-0.1, -0.05) is 82.5 Å². The van der Waals surface area contributed by atoms with Crippen molar-refractivity contribution in [1.29, 1.82) is 0 Å². The number of rotatable bonds is 35. The summed E-state index contributed by atoms with van der Waals surface area (Å²) in [5, 5.41) is 46.6. The fourth-order valence-corrected chi connectivity index (χ4v) is 10.5. The van der Waals surface area contributed by atoms with Crippen molar-refractivity contribution in [2.24, 2.45) is 5.41 Å². The number of imidazole rings is 1. The summed E-state index contributed by atoms with van der Waals surface area (Å²) < 4.78 is 62.4. The standard InChI is InChI=1S/C41H70N7O19P3S/c1-4-5-6-13-16-28(49)17-14-11-9-7-8-10-12-15-18-29(50)23-32(52)71-22-21-43-31(51)19-20-44-39(55)36(54)41(2,3)25-64-70(61,62)67-69(59,60)63-24-30-35(66-68(56,57)58)34(53)40(65-30)48-27-47-33-37(42)45-26-46-38(33)48/h5-6,11,14,26-30,34-36,40,49-50,53-54H,4,7-10,12-13,15-25H2,1-3H3,(H,43,51)(H,44,55)(H,59,60)(H,61,62)(H2,42,45,46)(H2,56,57,58)/b6-5-,14-11-/t28-,29-,30-,34-,35-,36+,40-/m1/s1. The number of hydrogen-bond acceptors (Lipinski definition) is 20. The summed E-state index contributed by atoms with van der Waals surface area (Å²) in [6.07, 6.45) is 9.92. The Kier molecular flexibility index (Phi) is 26.6. The smallest absolute Gasteiger partial charge is 0.393 e. The highest BCUT2D eigenvalue weighted by Gasteiger charge is 2.50. The van der Waals surface area contributed by atoms with E-state index in [4.69, 9.17) is 19.5 Å². The molecular weight excluding hydrogens is 1020 g/mol. The van der Waals surface area contributed by atoms with Crippen LogP contribution in [-0.4, -0.2) is 145 Å². The topological polar surface area (TPSA) is 404 Å². The third-order valence-electron chi connectivity index (χ3n) is 10.7. The van der Waals surface area contributed by atoms with Crippen molar-refractivity contribution in [2.45, 2.75) is 147 Å². The second-order valence-electron chi connectivity index (χ2n) is 17.3. The summed E-state index contributed by atoms with van der Waals surface area (Å²) in [5.41, 5.74) is 4.24. The zero-order valence-corrected chi connectivity index (χ0v) is 43.4. The van der Waals surface area contributed by atoms with E-state index in [0.717, 1.165) is 86.8 Å². The van der Waals surface area contributed by atoms with E-state index in [1.807, 2.05) is 6.08 Å². The van der Waals surface area contributed by atoms with Crippen LogP contribution in [0.3, 0.4) is 0 Å². The quantitative estimate of drug-likeness (QED) is 0.0268. The number of thioether (sulfide) groups is 1. The summed E-state index contributed by atoms with van der Waals surface area (Å²) in [5.74, 6) is -1.27. The van der Waals surface area contributed by atoms with Crippen LogP contribution < -0.4 is 16.4 Å². The van der Waals surface area contributed by atoms with Gasteiger partial charge < -0.3 is 61.1 Å². The molecule has 0 aromatic carbocycles. The van der Waals surface area contributed by atoms with E-state index in [-0.39, 0.29) is 59.9 Å². The van der Waals surface area contributed by atoms with Crippen molar-refractivity contribution in [2.75, 3.05) is 37.8 Å². The lowest BCUT2D eigenvalue weighted by molar-refractivity contribution is -0.137. The number of ether oxygens (including phenoxy) is 1. The molecular formula is C41H70N7O19P3S. The van der Waals surface area contributed by atoms with Gasteiger partial charge in [0, 0.05) is 37.1 Å². The van der Waals surface area contributed by atoms with Gasteiger partial charge in [-0.05, 0) is 44.9 Å². The highest BCUT2D eigenvalue weighted by molar-refractivity contribution is 8.13. The fourth-order valence-electron chi connectivity index (χ4n) is 6.88. The minimum absolute atomic E-state index is 0.00790. The molecule has 26 nitrogen and oxygen atoms in total. The SMILES string of the molecule is CC/C=C\CC[C@@H](O)C/C=C\CCCCCCC[C@@H](O)CC(=O)SCCNC(=O)CCNC(=O)[C@H](O)C(C)(C)COP(=O)(O)OP(=O)(O)OC[C@H]1O[C@@H](n2cnc3c(N)ncnc32)[C@H](O)[C@@H]1OP(=O)(O)O. The first kappa shape index (κ1) is 62.3. The first-order valence-electron chi connectivity index (χ1n) is 23.1. The summed E-state index contributed by atoms with van der Waals surface area (Å²) in [4.78, 5) is 88.5. The molecule has 3 heterocycles. The normalized spacial score (nSPS) is 20.8. The molecule has 0 radical (unpaired) electrons. The summed E-state index contributed by atoms with van der Waals surface area (Å²) in [7, 11) is -16.5.